The number of hydrogen-bond donors (Lipinski definition) is 2. The molecule has 1 aliphatic heterocycles. The van der Waals surface area contributed by atoms with Crippen LogP contribution in [-0.4, -0.2) is 80.3 Å². The molecule has 1 unspecified atom stereocenters. The van der Waals surface area contributed by atoms with E-state index in [1.807, 2.05) is 0 Å². The summed E-state index contributed by atoms with van der Waals surface area (Å²) in [5, 5.41) is 10.1. The monoisotopic (exact) mass is 530 g/mol. The molecule has 0 aromatic carbocycles. The molecule has 0 amide bonds. The molecule has 0 aromatic heterocycles. The van der Waals surface area contributed by atoms with Crippen LogP contribution < -0.4 is 4.72 Å². The van der Waals surface area contributed by atoms with E-state index in [0.717, 1.165) is 19.1 Å². The fourth-order valence-electron chi connectivity index (χ4n) is 4.73. The molecular weight excluding hydrogens is 497 g/mol. The second-order valence-corrected chi connectivity index (χ2v) is 11.4. The highest BCUT2D eigenvalue weighted by Gasteiger charge is 2.76. The average molecular weight is 531 g/mol. The molecule has 2 rings (SSSR count). The van der Waals surface area contributed by atoms with E-state index in [-0.39, 0.29) is 18.9 Å². The highest BCUT2D eigenvalue weighted by atomic mass is 32.2. The summed E-state index contributed by atoms with van der Waals surface area (Å²) >= 11 is 0. The van der Waals surface area contributed by atoms with E-state index >= 15 is 0 Å². The highest BCUT2D eigenvalue weighted by molar-refractivity contribution is 7.88. The summed E-state index contributed by atoms with van der Waals surface area (Å²) < 4.78 is 125. The zero-order valence-electron chi connectivity index (χ0n) is 19.3. The lowest BCUT2D eigenvalue weighted by Gasteiger charge is -2.46. The highest BCUT2D eigenvalue weighted by Crippen LogP contribution is 2.49. The molecule has 1 heterocycles. The third-order valence-electron chi connectivity index (χ3n) is 6.76. The van der Waals surface area contributed by atoms with Gasteiger partial charge in [-0.3, -0.25) is 4.90 Å². The smallest absolute Gasteiger partial charge is 0.377 e. The Morgan fingerprint density at radius 2 is 1.59 bits per heavy atom. The minimum absolute atomic E-state index is 0.0199. The number of sulfonamides is 1. The summed E-state index contributed by atoms with van der Waals surface area (Å²) in [6, 6.07) is -2.50. The maximum atomic E-state index is 14.3. The van der Waals surface area contributed by atoms with Crippen LogP contribution in [0, 0.1) is 11.8 Å². The Hall–Kier alpha value is -0.700. The topological polar surface area (TPSA) is 78.9 Å². The first-order valence-electron chi connectivity index (χ1n) is 11.2. The summed E-state index contributed by atoms with van der Waals surface area (Å²) in [6.45, 7) is 3.31. The molecule has 0 radical (unpaired) electrons. The van der Waals surface area contributed by atoms with Crippen molar-refractivity contribution in [3.63, 3.8) is 0 Å². The van der Waals surface area contributed by atoms with E-state index in [1.54, 1.807) is 0 Å². The lowest BCUT2D eigenvalue weighted by molar-refractivity contribution is -0.384. The Morgan fingerprint density at radius 3 is 2.06 bits per heavy atom. The van der Waals surface area contributed by atoms with Crippen molar-refractivity contribution in [1.82, 2.24) is 9.62 Å². The molecule has 2 N–H and O–H groups in total. The van der Waals surface area contributed by atoms with Gasteiger partial charge in [-0.2, -0.15) is 30.7 Å². The van der Waals surface area contributed by atoms with Crippen LogP contribution in [0.25, 0.3) is 0 Å². The lowest BCUT2D eigenvalue weighted by atomic mass is 9.80. The van der Waals surface area contributed by atoms with E-state index in [9.17, 15) is 44.3 Å². The molecule has 0 aromatic rings. The second kappa shape index (κ2) is 10.7. The van der Waals surface area contributed by atoms with E-state index in [4.69, 9.17) is 4.74 Å². The lowest BCUT2D eigenvalue weighted by Crippen LogP contribution is -2.68. The summed E-state index contributed by atoms with van der Waals surface area (Å²) in [7, 11) is -3.88. The molecule has 1 saturated carbocycles. The fraction of sp³-hybridized carbons (Fsp3) is 1.00. The van der Waals surface area contributed by atoms with Gasteiger partial charge >= 0.3 is 18.0 Å². The minimum Gasteiger partial charge on any atom is -0.377 e. The quantitative estimate of drug-likeness (QED) is 0.444. The summed E-state index contributed by atoms with van der Waals surface area (Å²) in [4.78, 5) is 0.395. The molecule has 202 valence electrons. The Bertz CT molecular complexity index is 771. The SMILES string of the molecule is CC(C)C1CCC(OC[C@H]2[C@@H](NS(C)(=O)=O)CCCN2C(O)C(F)(F)C(F)(F)C(F)(F)F)CC1. The average Bonchev–Trinajstić information content (AvgIpc) is 2.70. The maximum absolute atomic E-state index is 14.3. The van der Waals surface area contributed by atoms with Gasteiger partial charge in [-0.05, 0) is 50.4 Å². The van der Waals surface area contributed by atoms with Gasteiger partial charge in [0, 0.05) is 12.6 Å². The van der Waals surface area contributed by atoms with Gasteiger partial charge in [0.15, 0.2) is 6.23 Å². The fourth-order valence-corrected chi connectivity index (χ4v) is 5.55. The predicted octanol–water partition coefficient (Wildman–Crippen LogP) is 3.75. The van der Waals surface area contributed by atoms with E-state index in [0.29, 0.717) is 29.6 Å². The number of aliphatic hydroxyl groups excluding tert-OH is 1. The zero-order chi connectivity index (χ0) is 26.1. The van der Waals surface area contributed by atoms with Gasteiger partial charge < -0.3 is 9.84 Å². The number of aliphatic hydroxyl groups is 1. The number of hydrogen-bond acceptors (Lipinski definition) is 5. The largest absolute Gasteiger partial charge is 0.460 e. The second-order valence-electron chi connectivity index (χ2n) is 9.63. The first-order valence-corrected chi connectivity index (χ1v) is 13.1. The molecule has 0 bridgehead atoms. The number of piperidine rings is 1. The summed E-state index contributed by atoms with van der Waals surface area (Å²) in [5.74, 6) is -11.4. The van der Waals surface area contributed by atoms with Crippen molar-refractivity contribution >= 4 is 10.0 Å². The van der Waals surface area contributed by atoms with Crippen LogP contribution in [-0.2, 0) is 14.8 Å². The maximum Gasteiger partial charge on any atom is 0.460 e. The van der Waals surface area contributed by atoms with E-state index in [1.165, 1.54) is 0 Å². The molecule has 0 spiro atoms. The zero-order valence-corrected chi connectivity index (χ0v) is 20.1. The van der Waals surface area contributed by atoms with Crippen LogP contribution in [0.15, 0.2) is 0 Å². The predicted molar refractivity (Wildman–Crippen MR) is 110 cm³/mol. The molecule has 1 aliphatic carbocycles. The molecule has 3 atom stereocenters. The first kappa shape index (κ1) is 29.5. The third-order valence-corrected chi connectivity index (χ3v) is 7.50. The van der Waals surface area contributed by atoms with Crippen LogP contribution >= 0.6 is 0 Å². The van der Waals surface area contributed by atoms with Crippen LogP contribution in [0.3, 0.4) is 0 Å². The van der Waals surface area contributed by atoms with Crippen molar-refractivity contribution in [1.29, 1.82) is 0 Å². The molecular formula is C20H33F7N2O4S. The number of nitrogens with one attached hydrogen (secondary N) is 1. The van der Waals surface area contributed by atoms with Gasteiger partial charge in [-0.25, -0.2) is 13.1 Å². The molecule has 14 heteroatoms. The van der Waals surface area contributed by atoms with Crippen molar-refractivity contribution in [3.05, 3.63) is 0 Å². The Balaban J connectivity index is 2.24. The Kier molecular flexibility index (Phi) is 9.32. The molecule has 34 heavy (non-hydrogen) atoms. The first-order chi connectivity index (χ1) is 15.4. The van der Waals surface area contributed by atoms with Crippen LogP contribution in [0.2, 0.25) is 0 Å². The Morgan fingerprint density at radius 1 is 1.03 bits per heavy atom. The van der Waals surface area contributed by atoms with E-state index in [2.05, 4.69) is 18.6 Å². The van der Waals surface area contributed by atoms with Gasteiger partial charge in [0.2, 0.25) is 10.0 Å². The number of halogens is 7. The van der Waals surface area contributed by atoms with Crippen molar-refractivity contribution in [2.24, 2.45) is 11.8 Å². The van der Waals surface area contributed by atoms with Gasteiger partial charge in [0.25, 0.3) is 0 Å². The number of likely N-dealkylation sites (tertiary alicyclic amines) is 1. The molecule has 2 aliphatic rings. The number of nitrogens with zero attached hydrogens (tertiary/aromatic N) is 1. The van der Waals surface area contributed by atoms with E-state index < -0.39 is 59.5 Å². The summed E-state index contributed by atoms with van der Waals surface area (Å²) in [5.41, 5.74) is 0. The number of alkyl halides is 7. The van der Waals surface area contributed by atoms with Gasteiger partial charge in [0.05, 0.1) is 25.0 Å². The molecule has 6 nitrogen and oxygen atoms in total. The summed E-state index contributed by atoms with van der Waals surface area (Å²) in [6.07, 6.45) is -6.54. The van der Waals surface area contributed by atoms with Crippen LogP contribution in [0.4, 0.5) is 30.7 Å². The minimum atomic E-state index is -6.60. The van der Waals surface area contributed by atoms with Crippen molar-refractivity contribution in [2.75, 3.05) is 19.4 Å². The van der Waals surface area contributed by atoms with Crippen molar-refractivity contribution in [2.45, 2.75) is 94.8 Å². The number of ether oxygens (including phenoxy) is 1. The van der Waals surface area contributed by atoms with Gasteiger partial charge in [0.1, 0.15) is 0 Å². The normalized spacial score (nSPS) is 29.4. The molecule has 2 fully saturated rings. The Labute approximate surface area is 195 Å². The van der Waals surface area contributed by atoms with Gasteiger partial charge in [-0.1, -0.05) is 13.8 Å². The van der Waals surface area contributed by atoms with Crippen molar-refractivity contribution in [3.8, 4) is 0 Å². The number of rotatable bonds is 9. The van der Waals surface area contributed by atoms with Crippen LogP contribution in [0.5, 0.6) is 0 Å². The standard InChI is InChI=1S/C20H33F7N2O4S/c1-12(2)13-6-8-14(9-7-13)33-11-16-15(28-34(3,31)32)5-4-10-29(16)17(30)18(21,22)19(23,24)20(25,26)27/h12-17,28,30H,4-11H2,1-3H3/t13?,14?,15-,16-,17?/m0/s1. The van der Waals surface area contributed by atoms with Crippen LogP contribution in [0.1, 0.15) is 52.4 Å². The van der Waals surface area contributed by atoms with Gasteiger partial charge in [-0.15, -0.1) is 0 Å². The third kappa shape index (κ3) is 6.74. The molecule has 1 saturated heterocycles. The van der Waals surface area contributed by atoms with Crippen molar-refractivity contribution < 1.29 is 49.0 Å².